The summed E-state index contributed by atoms with van der Waals surface area (Å²) in [5.74, 6) is -0.168. The summed E-state index contributed by atoms with van der Waals surface area (Å²) in [7, 11) is 1.35. The van der Waals surface area contributed by atoms with Crippen molar-refractivity contribution in [1.82, 2.24) is 5.32 Å². The van der Waals surface area contributed by atoms with Crippen LogP contribution in [-0.4, -0.2) is 29.5 Å². The standard InChI is InChI=1S/C12H22INO3/c1-4-6-9(7-5-2)11(15)14-8-10(13)12(16)17-3/h9-10H,4-8H2,1-3H3,(H,14,15). The molecule has 4 nitrogen and oxygen atoms in total. The molecule has 100 valence electrons. The van der Waals surface area contributed by atoms with Gasteiger partial charge in [0.05, 0.1) is 7.11 Å². The Morgan fingerprint density at radius 1 is 1.24 bits per heavy atom. The van der Waals surface area contributed by atoms with Crippen LogP contribution in [0.1, 0.15) is 39.5 Å². The van der Waals surface area contributed by atoms with Gasteiger partial charge in [-0.15, -0.1) is 0 Å². The van der Waals surface area contributed by atoms with E-state index in [0.29, 0.717) is 6.54 Å². The Kier molecular flexibility index (Phi) is 9.49. The van der Waals surface area contributed by atoms with Crippen LogP contribution in [0.2, 0.25) is 0 Å². The van der Waals surface area contributed by atoms with Crippen LogP contribution in [0.25, 0.3) is 0 Å². The summed E-state index contributed by atoms with van der Waals surface area (Å²) in [6.45, 7) is 4.49. The minimum Gasteiger partial charge on any atom is -0.468 e. The smallest absolute Gasteiger partial charge is 0.320 e. The molecule has 0 radical (unpaired) electrons. The number of carbonyl (C=O) groups excluding carboxylic acids is 2. The van der Waals surface area contributed by atoms with Crippen LogP contribution >= 0.6 is 22.6 Å². The van der Waals surface area contributed by atoms with Gasteiger partial charge in [0.15, 0.2) is 0 Å². The van der Waals surface area contributed by atoms with Gasteiger partial charge in [0.25, 0.3) is 0 Å². The maximum atomic E-state index is 11.9. The molecule has 0 heterocycles. The van der Waals surface area contributed by atoms with E-state index in [0.717, 1.165) is 25.7 Å². The summed E-state index contributed by atoms with van der Waals surface area (Å²) in [6.07, 6.45) is 3.82. The molecule has 1 N–H and O–H groups in total. The molecule has 0 aliphatic rings. The zero-order valence-electron chi connectivity index (χ0n) is 10.8. The third-order valence-electron chi connectivity index (χ3n) is 2.56. The number of hydrogen-bond donors (Lipinski definition) is 1. The number of carbonyl (C=O) groups is 2. The van der Waals surface area contributed by atoms with Crippen molar-refractivity contribution >= 4 is 34.5 Å². The molecule has 1 unspecified atom stereocenters. The van der Waals surface area contributed by atoms with Crippen LogP contribution in [0, 0.1) is 5.92 Å². The predicted octanol–water partition coefficient (Wildman–Crippen LogP) is 2.30. The first-order valence-electron chi connectivity index (χ1n) is 6.06. The van der Waals surface area contributed by atoms with Crippen molar-refractivity contribution in [3.8, 4) is 0 Å². The van der Waals surface area contributed by atoms with E-state index in [4.69, 9.17) is 0 Å². The van der Waals surface area contributed by atoms with Crippen LogP contribution in [0.4, 0.5) is 0 Å². The average Bonchev–Trinajstić information content (AvgIpc) is 2.34. The van der Waals surface area contributed by atoms with Crippen LogP contribution in [-0.2, 0) is 14.3 Å². The molecular formula is C12H22INO3. The Hall–Kier alpha value is -0.330. The molecule has 17 heavy (non-hydrogen) atoms. The second-order valence-corrected chi connectivity index (χ2v) is 5.51. The second-order valence-electron chi connectivity index (χ2n) is 4.01. The van der Waals surface area contributed by atoms with E-state index in [1.54, 1.807) is 0 Å². The van der Waals surface area contributed by atoms with E-state index in [1.807, 2.05) is 22.6 Å². The first-order valence-corrected chi connectivity index (χ1v) is 7.30. The van der Waals surface area contributed by atoms with Gasteiger partial charge in [0.1, 0.15) is 3.92 Å². The summed E-state index contributed by atoms with van der Waals surface area (Å²) in [6, 6.07) is 0. The topological polar surface area (TPSA) is 55.4 Å². The minimum absolute atomic E-state index is 0.0549. The van der Waals surface area contributed by atoms with Crippen molar-refractivity contribution in [3.05, 3.63) is 0 Å². The summed E-state index contributed by atoms with van der Waals surface area (Å²) >= 11 is 1.98. The molecule has 0 rings (SSSR count). The molecule has 0 aliphatic heterocycles. The highest BCUT2D eigenvalue weighted by molar-refractivity contribution is 14.1. The van der Waals surface area contributed by atoms with Crippen molar-refractivity contribution in [3.63, 3.8) is 0 Å². The average molecular weight is 355 g/mol. The van der Waals surface area contributed by atoms with Gasteiger partial charge in [0, 0.05) is 12.5 Å². The highest BCUT2D eigenvalue weighted by Gasteiger charge is 2.20. The Bertz CT molecular complexity index is 240. The third kappa shape index (κ3) is 6.85. The van der Waals surface area contributed by atoms with Crippen LogP contribution in [0.15, 0.2) is 0 Å². The molecule has 0 aliphatic carbocycles. The van der Waals surface area contributed by atoms with Crippen LogP contribution in [0.3, 0.4) is 0 Å². The molecule has 5 heteroatoms. The number of alkyl halides is 1. The van der Waals surface area contributed by atoms with Crippen LogP contribution in [0.5, 0.6) is 0 Å². The summed E-state index contributed by atoms with van der Waals surface area (Å²) in [5.41, 5.74) is 0. The number of methoxy groups -OCH3 is 1. The Labute approximate surface area is 117 Å². The van der Waals surface area contributed by atoms with Gasteiger partial charge in [-0.05, 0) is 12.8 Å². The summed E-state index contributed by atoms with van der Waals surface area (Å²) in [5, 5.41) is 2.82. The van der Waals surface area contributed by atoms with E-state index in [9.17, 15) is 9.59 Å². The molecule has 0 aromatic carbocycles. The molecule has 1 atom stereocenters. The fraction of sp³-hybridized carbons (Fsp3) is 0.833. The van der Waals surface area contributed by atoms with Crippen molar-refractivity contribution in [2.75, 3.05) is 13.7 Å². The maximum absolute atomic E-state index is 11.9. The van der Waals surface area contributed by atoms with E-state index >= 15 is 0 Å². The van der Waals surface area contributed by atoms with Crippen molar-refractivity contribution in [2.45, 2.75) is 43.5 Å². The number of nitrogens with one attached hydrogen (secondary N) is 1. The van der Waals surface area contributed by atoms with E-state index in [-0.39, 0.29) is 21.7 Å². The molecule has 0 aromatic rings. The van der Waals surface area contributed by atoms with Gasteiger partial charge in [0.2, 0.25) is 5.91 Å². The van der Waals surface area contributed by atoms with Gasteiger partial charge >= 0.3 is 5.97 Å². The number of amides is 1. The number of esters is 1. The molecule has 0 fully saturated rings. The Balaban J connectivity index is 4.08. The Morgan fingerprint density at radius 2 is 1.76 bits per heavy atom. The number of rotatable bonds is 8. The quantitative estimate of drug-likeness (QED) is 0.413. The summed E-state index contributed by atoms with van der Waals surface area (Å²) < 4.78 is 4.29. The van der Waals surface area contributed by atoms with E-state index < -0.39 is 0 Å². The zero-order valence-corrected chi connectivity index (χ0v) is 13.0. The predicted molar refractivity (Wildman–Crippen MR) is 76.1 cm³/mol. The lowest BCUT2D eigenvalue weighted by molar-refractivity contribution is -0.139. The number of hydrogen-bond acceptors (Lipinski definition) is 3. The third-order valence-corrected chi connectivity index (χ3v) is 3.51. The van der Waals surface area contributed by atoms with E-state index in [1.165, 1.54) is 7.11 Å². The van der Waals surface area contributed by atoms with Gasteiger partial charge in [-0.1, -0.05) is 49.3 Å². The lowest BCUT2D eigenvalue weighted by Crippen LogP contribution is -2.37. The first-order chi connectivity index (χ1) is 8.06. The van der Waals surface area contributed by atoms with Crippen molar-refractivity contribution in [1.29, 1.82) is 0 Å². The highest BCUT2D eigenvalue weighted by Crippen LogP contribution is 2.13. The van der Waals surface area contributed by atoms with Crippen LogP contribution < -0.4 is 5.32 Å². The lowest BCUT2D eigenvalue weighted by Gasteiger charge is -2.16. The second kappa shape index (κ2) is 9.67. The molecule has 0 aromatic heterocycles. The monoisotopic (exact) mass is 355 g/mol. The molecule has 0 saturated carbocycles. The normalized spacial score (nSPS) is 12.3. The minimum atomic E-state index is -0.314. The van der Waals surface area contributed by atoms with Gasteiger partial charge in [-0.25, -0.2) is 0 Å². The molecular weight excluding hydrogens is 333 g/mol. The van der Waals surface area contributed by atoms with Gasteiger partial charge < -0.3 is 10.1 Å². The molecule has 0 saturated heterocycles. The lowest BCUT2D eigenvalue weighted by atomic mass is 9.97. The number of ether oxygens (including phenoxy) is 1. The van der Waals surface area contributed by atoms with Crippen molar-refractivity contribution < 1.29 is 14.3 Å². The number of halogens is 1. The maximum Gasteiger partial charge on any atom is 0.320 e. The first kappa shape index (κ1) is 16.7. The van der Waals surface area contributed by atoms with Crippen molar-refractivity contribution in [2.24, 2.45) is 5.92 Å². The fourth-order valence-electron chi connectivity index (χ4n) is 1.65. The SMILES string of the molecule is CCCC(CCC)C(=O)NCC(I)C(=O)OC. The highest BCUT2D eigenvalue weighted by atomic mass is 127. The molecule has 0 spiro atoms. The Morgan fingerprint density at radius 3 is 2.18 bits per heavy atom. The molecule has 0 bridgehead atoms. The molecule has 1 amide bonds. The van der Waals surface area contributed by atoms with Gasteiger partial charge in [-0.3, -0.25) is 9.59 Å². The summed E-state index contributed by atoms with van der Waals surface area (Å²) in [4.78, 5) is 23.0. The van der Waals surface area contributed by atoms with Gasteiger partial charge in [-0.2, -0.15) is 0 Å². The fourth-order valence-corrected chi connectivity index (χ4v) is 2.12. The van der Waals surface area contributed by atoms with E-state index in [2.05, 4.69) is 23.9 Å². The zero-order chi connectivity index (χ0) is 13.3. The largest absolute Gasteiger partial charge is 0.468 e.